The van der Waals surface area contributed by atoms with E-state index in [9.17, 15) is 0 Å². The van der Waals surface area contributed by atoms with Crippen LogP contribution in [0.4, 0.5) is 0 Å². The number of aromatic nitrogens is 5. The van der Waals surface area contributed by atoms with Crippen LogP contribution in [0.25, 0.3) is 5.95 Å². The Labute approximate surface area is 75.5 Å². The summed E-state index contributed by atoms with van der Waals surface area (Å²) in [5, 5.41) is 4.24. The molecular weight excluding hydrogens is 166 g/mol. The third-order valence-electron chi connectivity index (χ3n) is 1.68. The van der Waals surface area contributed by atoms with E-state index in [4.69, 9.17) is 0 Å². The molecule has 0 aromatic carbocycles. The van der Waals surface area contributed by atoms with Crippen LogP contribution in [0.3, 0.4) is 0 Å². The van der Waals surface area contributed by atoms with Crippen LogP contribution < -0.4 is 0 Å². The van der Waals surface area contributed by atoms with Crippen LogP contribution in [-0.4, -0.2) is 24.7 Å². The SMILES string of the molecule is Cc1cc(C)n(-c2ncncn2)n1. The van der Waals surface area contributed by atoms with Gasteiger partial charge in [-0.1, -0.05) is 0 Å². The molecule has 2 heterocycles. The molecule has 0 radical (unpaired) electrons. The van der Waals surface area contributed by atoms with E-state index >= 15 is 0 Å². The van der Waals surface area contributed by atoms with E-state index < -0.39 is 0 Å². The summed E-state index contributed by atoms with van der Waals surface area (Å²) in [6.45, 7) is 3.90. The molecule has 0 atom stereocenters. The first-order valence-corrected chi connectivity index (χ1v) is 3.93. The lowest BCUT2D eigenvalue weighted by molar-refractivity contribution is 0.763. The second-order valence-corrected chi connectivity index (χ2v) is 2.78. The van der Waals surface area contributed by atoms with Gasteiger partial charge in [-0.05, 0) is 19.9 Å². The van der Waals surface area contributed by atoms with Crippen molar-refractivity contribution in [2.24, 2.45) is 0 Å². The molecule has 0 unspecified atom stereocenters. The van der Waals surface area contributed by atoms with Gasteiger partial charge in [0, 0.05) is 5.69 Å². The average molecular weight is 175 g/mol. The van der Waals surface area contributed by atoms with Gasteiger partial charge >= 0.3 is 0 Å². The fourth-order valence-corrected chi connectivity index (χ4v) is 1.17. The molecule has 0 saturated heterocycles. The van der Waals surface area contributed by atoms with Crippen LogP contribution in [0.2, 0.25) is 0 Å². The Morgan fingerprint density at radius 2 is 1.85 bits per heavy atom. The molecule has 66 valence electrons. The van der Waals surface area contributed by atoms with Crippen LogP contribution in [0.5, 0.6) is 0 Å². The van der Waals surface area contributed by atoms with E-state index in [1.807, 2.05) is 19.9 Å². The zero-order valence-corrected chi connectivity index (χ0v) is 7.47. The Morgan fingerprint density at radius 3 is 2.38 bits per heavy atom. The van der Waals surface area contributed by atoms with Crippen molar-refractivity contribution in [2.75, 3.05) is 0 Å². The second kappa shape index (κ2) is 2.93. The molecular formula is C8H9N5. The zero-order valence-electron chi connectivity index (χ0n) is 7.47. The zero-order chi connectivity index (χ0) is 9.26. The number of nitrogens with zero attached hydrogens (tertiary/aromatic N) is 5. The molecule has 5 heteroatoms. The van der Waals surface area contributed by atoms with Crippen LogP contribution in [0.15, 0.2) is 18.7 Å². The first-order valence-electron chi connectivity index (χ1n) is 3.93. The summed E-state index contributed by atoms with van der Waals surface area (Å²) in [4.78, 5) is 11.7. The van der Waals surface area contributed by atoms with E-state index in [2.05, 4.69) is 20.1 Å². The minimum atomic E-state index is 0.556. The van der Waals surface area contributed by atoms with Crippen molar-refractivity contribution in [3.05, 3.63) is 30.1 Å². The van der Waals surface area contributed by atoms with Crippen LogP contribution in [-0.2, 0) is 0 Å². The maximum Gasteiger partial charge on any atom is 0.253 e. The summed E-state index contributed by atoms with van der Waals surface area (Å²) in [5.74, 6) is 0.556. The van der Waals surface area contributed by atoms with Crippen LogP contribution in [0, 0.1) is 13.8 Å². The monoisotopic (exact) mass is 175 g/mol. The van der Waals surface area contributed by atoms with Crippen molar-refractivity contribution < 1.29 is 0 Å². The van der Waals surface area contributed by atoms with Crippen molar-refractivity contribution in [1.29, 1.82) is 0 Å². The van der Waals surface area contributed by atoms with E-state index in [0.29, 0.717) is 5.95 Å². The van der Waals surface area contributed by atoms with E-state index in [0.717, 1.165) is 11.4 Å². The van der Waals surface area contributed by atoms with Crippen molar-refractivity contribution in [3.8, 4) is 5.95 Å². The molecule has 2 aromatic heterocycles. The normalized spacial score (nSPS) is 10.3. The van der Waals surface area contributed by atoms with Crippen molar-refractivity contribution in [3.63, 3.8) is 0 Å². The lowest BCUT2D eigenvalue weighted by atomic mass is 10.4. The third kappa shape index (κ3) is 1.40. The van der Waals surface area contributed by atoms with Gasteiger partial charge in [0.05, 0.1) is 5.69 Å². The summed E-state index contributed by atoms with van der Waals surface area (Å²) in [5.41, 5.74) is 1.97. The average Bonchev–Trinajstić information content (AvgIpc) is 2.47. The highest BCUT2D eigenvalue weighted by Gasteiger charge is 2.04. The molecule has 0 spiro atoms. The fourth-order valence-electron chi connectivity index (χ4n) is 1.17. The van der Waals surface area contributed by atoms with Crippen molar-refractivity contribution >= 4 is 0 Å². The predicted octanol–water partition coefficient (Wildman–Crippen LogP) is 0.674. The molecule has 0 N–H and O–H groups in total. The highest BCUT2D eigenvalue weighted by molar-refractivity contribution is 5.16. The summed E-state index contributed by atoms with van der Waals surface area (Å²) < 4.78 is 1.69. The minimum Gasteiger partial charge on any atom is -0.225 e. The molecule has 2 rings (SSSR count). The molecule has 0 aliphatic carbocycles. The smallest absolute Gasteiger partial charge is 0.225 e. The highest BCUT2D eigenvalue weighted by Crippen LogP contribution is 2.05. The Hall–Kier alpha value is -1.78. The van der Waals surface area contributed by atoms with Gasteiger partial charge in [-0.3, -0.25) is 0 Å². The van der Waals surface area contributed by atoms with Gasteiger partial charge in [0.25, 0.3) is 5.95 Å². The lowest BCUT2D eigenvalue weighted by Crippen LogP contribution is -2.04. The van der Waals surface area contributed by atoms with Gasteiger partial charge in [0.2, 0.25) is 0 Å². The highest BCUT2D eigenvalue weighted by atomic mass is 15.4. The van der Waals surface area contributed by atoms with Gasteiger partial charge in [-0.25, -0.2) is 9.67 Å². The minimum absolute atomic E-state index is 0.556. The molecule has 0 bridgehead atoms. The summed E-state index contributed by atoms with van der Waals surface area (Å²) in [6.07, 6.45) is 2.91. The molecule has 5 nitrogen and oxygen atoms in total. The summed E-state index contributed by atoms with van der Waals surface area (Å²) in [6, 6.07) is 1.98. The number of hydrogen-bond donors (Lipinski definition) is 0. The molecule has 13 heavy (non-hydrogen) atoms. The Balaban J connectivity index is 2.53. The number of aryl methyl sites for hydroxylation is 2. The Morgan fingerprint density at radius 1 is 1.15 bits per heavy atom. The van der Waals surface area contributed by atoms with Crippen molar-refractivity contribution in [2.45, 2.75) is 13.8 Å². The number of hydrogen-bond acceptors (Lipinski definition) is 4. The summed E-state index contributed by atoms with van der Waals surface area (Å²) in [7, 11) is 0. The quantitative estimate of drug-likeness (QED) is 0.639. The fraction of sp³-hybridized carbons (Fsp3) is 0.250. The van der Waals surface area contributed by atoms with Crippen LogP contribution in [0.1, 0.15) is 11.4 Å². The molecule has 0 aliphatic heterocycles. The standard InChI is InChI=1S/C8H9N5/c1-6-3-7(2)13(12-6)8-10-4-9-5-11-8/h3-5H,1-2H3. The van der Waals surface area contributed by atoms with Gasteiger partial charge in [0.15, 0.2) is 0 Å². The predicted molar refractivity (Wildman–Crippen MR) is 46.4 cm³/mol. The van der Waals surface area contributed by atoms with Gasteiger partial charge in [-0.15, -0.1) is 0 Å². The van der Waals surface area contributed by atoms with E-state index in [-0.39, 0.29) is 0 Å². The molecule has 2 aromatic rings. The lowest BCUT2D eigenvalue weighted by Gasteiger charge is -1.98. The van der Waals surface area contributed by atoms with Gasteiger partial charge in [-0.2, -0.15) is 15.1 Å². The van der Waals surface area contributed by atoms with Gasteiger partial charge < -0.3 is 0 Å². The van der Waals surface area contributed by atoms with E-state index in [1.165, 1.54) is 12.7 Å². The topological polar surface area (TPSA) is 56.5 Å². The maximum absolute atomic E-state index is 4.24. The molecule has 0 saturated carbocycles. The summed E-state index contributed by atoms with van der Waals surface area (Å²) >= 11 is 0. The van der Waals surface area contributed by atoms with E-state index in [1.54, 1.807) is 4.68 Å². The Kier molecular flexibility index (Phi) is 1.77. The first kappa shape index (κ1) is 7.85. The second-order valence-electron chi connectivity index (χ2n) is 2.78. The molecule has 0 amide bonds. The third-order valence-corrected chi connectivity index (χ3v) is 1.68. The van der Waals surface area contributed by atoms with Crippen LogP contribution >= 0.6 is 0 Å². The van der Waals surface area contributed by atoms with Crippen molar-refractivity contribution in [1.82, 2.24) is 24.7 Å². The first-order chi connectivity index (χ1) is 6.27. The molecule has 0 fully saturated rings. The van der Waals surface area contributed by atoms with Gasteiger partial charge in [0.1, 0.15) is 12.7 Å². The Bertz CT molecular complexity index is 406. The number of rotatable bonds is 1. The molecule has 0 aliphatic rings. The maximum atomic E-state index is 4.24. The largest absolute Gasteiger partial charge is 0.253 e.